The first-order valence-electron chi connectivity index (χ1n) is 9.26. The zero-order chi connectivity index (χ0) is 20.0. The number of anilines is 1. The molecule has 0 saturated carbocycles. The quantitative estimate of drug-likeness (QED) is 0.657. The van der Waals surface area contributed by atoms with E-state index in [2.05, 4.69) is 0 Å². The van der Waals surface area contributed by atoms with Crippen molar-refractivity contribution in [2.45, 2.75) is 11.4 Å². The van der Waals surface area contributed by atoms with E-state index in [0.717, 1.165) is 11.3 Å². The molecule has 3 heterocycles. The Labute approximate surface area is 171 Å². The van der Waals surface area contributed by atoms with Crippen molar-refractivity contribution in [2.24, 2.45) is 0 Å². The second kappa shape index (κ2) is 6.77. The first kappa shape index (κ1) is 18.0. The maximum atomic E-state index is 13.7. The van der Waals surface area contributed by atoms with Crippen molar-refractivity contribution >= 4 is 29.3 Å². The molecule has 0 N–H and O–H groups in total. The number of fused-ring (bicyclic) bond motifs is 2. The molecule has 146 valence electrons. The highest BCUT2D eigenvalue weighted by molar-refractivity contribution is 8.01. The van der Waals surface area contributed by atoms with Crippen LogP contribution in [-0.4, -0.2) is 29.0 Å². The number of carbonyl (C=O) groups is 2. The summed E-state index contributed by atoms with van der Waals surface area (Å²) in [6, 6.07) is 17.0. The van der Waals surface area contributed by atoms with Crippen LogP contribution in [0.3, 0.4) is 0 Å². The number of thioether (sulfide) groups is 1. The van der Waals surface area contributed by atoms with Crippen LogP contribution in [0.15, 0.2) is 71.3 Å². The molecule has 2 aliphatic rings. The van der Waals surface area contributed by atoms with Gasteiger partial charge in [0, 0.05) is 17.9 Å². The molecule has 0 radical (unpaired) electrons. The lowest BCUT2D eigenvalue weighted by Crippen LogP contribution is -2.50. The Balaban J connectivity index is 1.59. The SMILES string of the molecule is O=C(c1ccco1)N1CCS[C@@]12C(=O)N(Cc1cccc(F)c1)c1ccccc12. The van der Waals surface area contributed by atoms with Crippen LogP contribution in [0, 0.1) is 5.82 Å². The summed E-state index contributed by atoms with van der Waals surface area (Å²) in [6.45, 7) is 0.677. The Morgan fingerprint density at radius 2 is 2.00 bits per heavy atom. The molecule has 2 aliphatic heterocycles. The Hall–Kier alpha value is -3.06. The molecule has 7 heteroatoms. The van der Waals surface area contributed by atoms with Crippen molar-refractivity contribution < 1.29 is 18.4 Å². The van der Waals surface area contributed by atoms with Gasteiger partial charge in [0.2, 0.25) is 0 Å². The largest absolute Gasteiger partial charge is 0.459 e. The molecule has 0 aliphatic carbocycles. The fourth-order valence-corrected chi connectivity index (χ4v) is 5.54. The lowest BCUT2D eigenvalue weighted by molar-refractivity contribution is -0.123. The van der Waals surface area contributed by atoms with E-state index in [-0.39, 0.29) is 29.9 Å². The average molecular weight is 408 g/mol. The molecule has 2 aromatic carbocycles. The molecule has 3 aromatic rings. The van der Waals surface area contributed by atoms with Crippen LogP contribution >= 0.6 is 11.8 Å². The summed E-state index contributed by atoms with van der Waals surface area (Å²) in [6.07, 6.45) is 1.45. The number of hydrogen-bond donors (Lipinski definition) is 0. The predicted molar refractivity (Wildman–Crippen MR) is 108 cm³/mol. The molecular formula is C22H17FN2O3S. The summed E-state index contributed by atoms with van der Waals surface area (Å²) >= 11 is 1.45. The Bertz CT molecular complexity index is 1100. The van der Waals surface area contributed by atoms with Gasteiger partial charge in [-0.05, 0) is 35.9 Å². The van der Waals surface area contributed by atoms with Gasteiger partial charge in [-0.25, -0.2) is 4.39 Å². The minimum atomic E-state index is -1.13. The molecular weight excluding hydrogens is 391 g/mol. The third kappa shape index (κ3) is 2.68. The molecule has 0 bridgehead atoms. The highest BCUT2D eigenvalue weighted by Gasteiger charge is 2.59. The lowest BCUT2D eigenvalue weighted by atomic mass is 10.1. The van der Waals surface area contributed by atoms with Gasteiger partial charge in [0.15, 0.2) is 10.6 Å². The summed E-state index contributed by atoms with van der Waals surface area (Å²) in [5.41, 5.74) is 2.22. The summed E-state index contributed by atoms with van der Waals surface area (Å²) in [5, 5.41) is 0. The second-order valence-corrected chi connectivity index (χ2v) is 8.25. The van der Waals surface area contributed by atoms with E-state index >= 15 is 0 Å². The number of benzene rings is 2. The van der Waals surface area contributed by atoms with Crippen molar-refractivity contribution in [3.8, 4) is 0 Å². The van der Waals surface area contributed by atoms with E-state index in [9.17, 15) is 14.0 Å². The van der Waals surface area contributed by atoms with Crippen molar-refractivity contribution in [2.75, 3.05) is 17.2 Å². The number of rotatable bonds is 3. The first-order chi connectivity index (χ1) is 14.1. The van der Waals surface area contributed by atoms with Crippen LogP contribution in [0.2, 0.25) is 0 Å². The Morgan fingerprint density at radius 3 is 2.79 bits per heavy atom. The molecule has 1 spiro atoms. The minimum absolute atomic E-state index is 0.189. The molecule has 1 atom stereocenters. The van der Waals surface area contributed by atoms with Gasteiger partial charge >= 0.3 is 0 Å². The number of halogens is 1. The molecule has 0 unspecified atom stereocenters. The Morgan fingerprint density at radius 1 is 1.14 bits per heavy atom. The Kier molecular flexibility index (Phi) is 4.20. The van der Waals surface area contributed by atoms with E-state index in [1.807, 2.05) is 24.3 Å². The summed E-state index contributed by atoms with van der Waals surface area (Å²) in [7, 11) is 0. The molecule has 2 amide bonds. The topological polar surface area (TPSA) is 53.8 Å². The maximum Gasteiger partial charge on any atom is 0.291 e. The zero-order valence-corrected chi connectivity index (χ0v) is 16.2. The van der Waals surface area contributed by atoms with Crippen molar-refractivity contribution in [1.82, 2.24) is 4.90 Å². The van der Waals surface area contributed by atoms with Crippen LogP contribution in [0.1, 0.15) is 21.7 Å². The van der Waals surface area contributed by atoms with Crippen LogP contribution in [0.25, 0.3) is 0 Å². The molecule has 1 aromatic heterocycles. The van der Waals surface area contributed by atoms with Crippen molar-refractivity contribution in [3.05, 3.63) is 89.6 Å². The third-order valence-electron chi connectivity index (χ3n) is 5.31. The second-order valence-electron chi connectivity index (χ2n) is 6.96. The van der Waals surface area contributed by atoms with Gasteiger partial charge < -0.3 is 14.2 Å². The van der Waals surface area contributed by atoms with E-state index < -0.39 is 4.87 Å². The number of furan rings is 1. The van der Waals surface area contributed by atoms with Gasteiger partial charge in [-0.15, -0.1) is 11.8 Å². The number of para-hydroxylation sites is 1. The molecule has 5 rings (SSSR count). The number of nitrogens with zero attached hydrogens (tertiary/aromatic N) is 2. The maximum absolute atomic E-state index is 13.7. The molecule has 1 fully saturated rings. The summed E-state index contributed by atoms with van der Waals surface area (Å²) in [5.74, 6) is 0.00391. The lowest BCUT2D eigenvalue weighted by Gasteiger charge is -2.32. The fourth-order valence-electron chi connectivity index (χ4n) is 4.08. The monoisotopic (exact) mass is 408 g/mol. The van der Waals surface area contributed by atoms with Crippen LogP contribution in [-0.2, 0) is 16.2 Å². The van der Waals surface area contributed by atoms with Gasteiger partial charge in [0.05, 0.1) is 18.5 Å². The van der Waals surface area contributed by atoms with Gasteiger partial charge in [-0.2, -0.15) is 0 Å². The van der Waals surface area contributed by atoms with E-state index in [1.165, 1.54) is 30.2 Å². The first-order valence-corrected chi connectivity index (χ1v) is 10.2. The zero-order valence-electron chi connectivity index (χ0n) is 15.4. The third-order valence-corrected chi connectivity index (χ3v) is 6.73. The van der Waals surface area contributed by atoms with Crippen LogP contribution in [0.5, 0.6) is 0 Å². The molecule has 5 nitrogen and oxygen atoms in total. The van der Waals surface area contributed by atoms with E-state index in [4.69, 9.17) is 4.42 Å². The predicted octanol–water partition coefficient (Wildman–Crippen LogP) is 4.01. The highest BCUT2D eigenvalue weighted by atomic mass is 32.2. The normalized spacial score (nSPS) is 20.5. The van der Waals surface area contributed by atoms with E-state index in [0.29, 0.717) is 17.9 Å². The standard InChI is InChI=1S/C22H17FN2O3S/c23-16-6-3-5-15(13-16)14-24-18-8-2-1-7-17(18)22(21(24)27)25(10-12-29-22)20(26)19-9-4-11-28-19/h1-9,11,13H,10,12,14H2/t22-/m0/s1. The average Bonchev–Trinajstić information content (AvgIpc) is 3.45. The van der Waals surface area contributed by atoms with E-state index in [1.54, 1.807) is 34.1 Å². The fraction of sp³-hybridized carbons (Fsp3) is 0.182. The number of amides is 2. The van der Waals surface area contributed by atoms with Crippen molar-refractivity contribution in [3.63, 3.8) is 0 Å². The van der Waals surface area contributed by atoms with Crippen LogP contribution in [0.4, 0.5) is 10.1 Å². The highest BCUT2D eigenvalue weighted by Crippen LogP contribution is 2.54. The molecule has 1 saturated heterocycles. The van der Waals surface area contributed by atoms with Gasteiger partial charge in [0.25, 0.3) is 11.8 Å². The number of carbonyl (C=O) groups excluding carboxylic acids is 2. The minimum Gasteiger partial charge on any atom is -0.459 e. The van der Waals surface area contributed by atoms with Crippen LogP contribution < -0.4 is 4.90 Å². The molecule has 29 heavy (non-hydrogen) atoms. The van der Waals surface area contributed by atoms with Gasteiger partial charge in [-0.1, -0.05) is 30.3 Å². The van der Waals surface area contributed by atoms with Crippen molar-refractivity contribution in [1.29, 1.82) is 0 Å². The van der Waals surface area contributed by atoms with Gasteiger partial charge in [-0.3, -0.25) is 9.59 Å². The van der Waals surface area contributed by atoms with Gasteiger partial charge in [0.1, 0.15) is 5.82 Å². The number of hydrogen-bond acceptors (Lipinski definition) is 4. The smallest absolute Gasteiger partial charge is 0.291 e. The summed E-state index contributed by atoms with van der Waals surface area (Å²) in [4.78, 5) is 29.0. The summed E-state index contributed by atoms with van der Waals surface area (Å²) < 4.78 is 19.0.